The monoisotopic (exact) mass is 768 g/mol. The Kier molecular flexibility index (Phi) is 44.9. The van der Waals surface area contributed by atoms with Gasteiger partial charge in [-0.05, 0) is 57.8 Å². The number of nitrogens with one attached hydrogen (secondary N) is 1. The molecule has 0 rings (SSSR count). The second-order valence-corrected chi connectivity index (χ2v) is 16.2. The zero-order chi connectivity index (χ0) is 40.0. The van der Waals surface area contributed by atoms with Crippen molar-refractivity contribution in [3.05, 3.63) is 60.8 Å². The molecule has 0 aromatic rings. The van der Waals surface area contributed by atoms with E-state index in [-0.39, 0.29) is 12.5 Å². The van der Waals surface area contributed by atoms with Crippen molar-refractivity contribution in [2.45, 2.75) is 251 Å². The molecule has 0 saturated carbocycles. The van der Waals surface area contributed by atoms with Gasteiger partial charge in [-0.2, -0.15) is 0 Å². The van der Waals surface area contributed by atoms with Crippen LogP contribution in [0.25, 0.3) is 0 Å². The van der Waals surface area contributed by atoms with E-state index in [0.29, 0.717) is 12.8 Å². The predicted octanol–water partition coefficient (Wildman–Crippen LogP) is 15.3. The Hall–Kier alpha value is -1.91. The Bertz CT molecular complexity index is 919. The lowest BCUT2D eigenvalue weighted by Crippen LogP contribution is -2.45. The first-order valence-corrected chi connectivity index (χ1v) is 24.0. The van der Waals surface area contributed by atoms with Gasteiger partial charge in [0.25, 0.3) is 0 Å². The van der Waals surface area contributed by atoms with Crippen LogP contribution in [0.4, 0.5) is 0 Å². The van der Waals surface area contributed by atoms with Crippen LogP contribution in [0.2, 0.25) is 0 Å². The molecule has 2 unspecified atom stereocenters. The summed E-state index contributed by atoms with van der Waals surface area (Å²) in [5.41, 5.74) is 0. The van der Waals surface area contributed by atoms with Gasteiger partial charge in [0.05, 0.1) is 18.8 Å². The summed E-state index contributed by atoms with van der Waals surface area (Å²) >= 11 is 0. The molecule has 0 bridgehead atoms. The third-order valence-electron chi connectivity index (χ3n) is 10.8. The fraction of sp³-hybridized carbons (Fsp3) is 0.784. The first-order chi connectivity index (χ1) is 27.2. The smallest absolute Gasteiger partial charge is 0.220 e. The van der Waals surface area contributed by atoms with E-state index in [1.165, 1.54) is 154 Å². The van der Waals surface area contributed by atoms with Gasteiger partial charge in [-0.3, -0.25) is 4.79 Å². The molecule has 0 aliphatic carbocycles. The van der Waals surface area contributed by atoms with Gasteiger partial charge < -0.3 is 15.5 Å². The van der Waals surface area contributed by atoms with Gasteiger partial charge in [0.1, 0.15) is 0 Å². The lowest BCUT2D eigenvalue weighted by molar-refractivity contribution is -0.123. The van der Waals surface area contributed by atoms with Crippen molar-refractivity contribution in [2.75, 3.05) is 6.61 Å². The Morgan fingerprint density at radius 1 is 0.455 bits per heavy atom. The van der Waals surface area contributed by atoms with Crippen LogP contribution in [0.1, 0.15) is 239 Å². The highest BCUT2D eigenvalue weighted by atomic mass is 16.3. The van der Waals surface area contributed by atoms with Crippen LogP contribution >= 0.6 is 0 Å². The number of rotatable bonds is 43. The molecule has 0 aromatic carbocycles. The molecule has 0 radical (unpaired) electrons. The molecule has 2 atom stereocenters. The molecule has 3 N–H and O–H groups in total. The number of aliphatic hydroxyl groups excluding tert-OH is 2. The van der Waals surface area contributed by atoms with E-state index in [9.17, 15) is 15.0 Å². The molecule has 0 fully saturated rings. The summed E-state index contributed by atoms with van der Waals surface area (Å²) in [7, 11) is 0. The molecule has 0 heterocycles. The lowest BCUT2D eigenvalue weighted by Gasteiger charge is -2.22. The van der Waals surface area contributed by atoms with E-state index in [2.05, 4.69) is 79.9 Å². The maximum Gasteiger partial charge on any atom is 0.220 e. The zero-order valence-electron chi connectivity index (χ0n) is 36.7. The lowest BCUT2D eigenvalue weighted by atomic mass is 10.0. The Morgan fingerprint density at radius 3 is 1.20 bits per heavy atom. The van der Waals surface area contributed by atoms with Crippen LogP contribution in [0.5, 0.6) is 0 Å². The number of carbonyl (C=O) groups is 1. The number of unbranched alkanes of at least 4 members (excludes halogenated alkanes) is 26. The van der Waals surface area contributed by atoms with Gasteiger partial charge in [0, 0.05) is 6.42 Å². The SMILES string of the molecule is CC/C=C\C/C=C\C/C=C\C/C=C\C/C=C\CCCCCCCCCCCCCC(=O)NC(CO)C(O)CCCCCCCCCCCCCCCCCC. The van der Waals surface area contributed by atoms with Gasteiger partial charge in [0.2, 0.25) is 5.91 Å². The van der Waals surface area contributed by atoms with E-state index in [4.69, 9.17) is 0 Å². The minimum atomic E-state index is -0.663. The standard InChI is InChI=1S/C51H93NO3/c1-3-5-7-9-11-13-15-17-19-21-22-23-24-25-26-27-28-29-30-31-33-35-37-39-41-43-45-47-51(55)52-49(48-53)50(54)46-44-42-40-38-36-34-32-20-18-16-14-12-10-8-6-4-2/h5,7,11,13,17,19,22-23,25-26,49-50,53-54H,3-4,6,8-10,12,14-16,18,20-21,24,27-48H2,1-2H3,(H,52,55)/b7-5-,13-11-,19-17-,23-22-,26-25-. The third kappa shape index (κ3) is 43.1. The number of hydrogen-bond acceptors (Lipinski definition) is 3. The average molecular weight is 768 g/mol. The topological polar surface area (TPSA) is 69.6 Å². The van der Waals surface area contributed by atoms with E-state index in [0.717, 1.165) is 57.8 Å². The van der Waals surface area contributed by atoms with Crippen LogP contribution < -0.4 is 5.32 Å². The fourth-order valence-corrected chi connectivity index (χ4v) is 7.15. The molecule has 0 aromatic heterocycles. The summed E-state index contributed by atoms with van der Waals surface area (Å²) < 4.78 is 0. The second kappa shape index (κ2) is 46.5. The molecule has 0 aliphatic heterocycles. The summed E-state index contributed by atoms with van der Waals surface area (Å²) in [5.74, 6) is -0.0357. The van der Waals surface area contributed by atoms with Gasteiger partial charge in [-0.1, -0.05) is 235 Å². The summed E-state index contributed by atoms with van der Waals surface area (Å²) in [6.07, 6.45) is 64.5. The van der Waals surface area contributed by atoms with E-state index < -0.39 is 12.1 Å². The molecular formula is C51H93NO3. The van der Waals surface area contributed by atoms with Gasteiger partial charge in [-0.15, -0.1) is 0 Å². The third-order valence-corrected chi connectivity index (χ3v) is 10.8. The zero-order valence-corrected chi connectivity index (χ0v) is 36.7. The summed E-state index contributed by atoms with van der Waals surface area (Å²) in [4.78, 5) is 12.4. The normalized spacial score (nSPS) is 13.5. The van der Waals surface area contributed by atoms with E-state index in [1.54, 1.807) is 0 Å². The minimum absolute atomic E-state index is 0.0357. The highest BCUT2D eigenvalue weighted by Crippen LogP contribution is 2.16. The van der Waals surface area contributed by atoms with Crippen molar-refractivity contribution in [3.8, 4) is 0 Å². The van der Waals surface area contributed by atoms with Crippen molar-refractivity contribution >= 4 is 5.91 Å². The van der Waals surface area contributed by atoms with Gasteiger partial charge >= 0.3 is 0 Å². The van der Waals surface area contributed by atoms with Crippen molar-refractivity contribution in [3.63, 3.8) is 0 Å². The Morgan fingerprint density at radius 2 is 0.800 bits per heavy atom. The highest BCUT2D eigenvalue weighted by Gasteiger charge is 2.20. The minimum Gasteiger partial charge on any atom is -0.394 e. The van der Waals surface area contributed by atoms with Crippen molar-refractivity contribution in [1.82, 2.24) is 5.32 Å². The average Bonchev–Trinajstić information content (AvgIpc) is 3.19. The van der Waals surface area contributed by atoms with Crippen LogP contribution in [0.3, 0.4) is 0 Å². The molecule has 4 nitrogen and oxygen atoms in total. The molecule has 55 heavy (non-hydrogen) atoms. The van der Waals surface area contributed by atoms with Crippen LogP contribution in [-0.2, 0) is 4.79 Å². The number of hydrogen-bond donors (Lipinski definition) is 3. The maximum absolute atomic E-state index is 12.4. The van der Waals surface area contributed by atoms with Crippen LogP contribution in [0.15, 0.2) is 60.8 Å². The Labute approximate surface area is 343 Å². The van der Waals surface area contributed by atoms with Crippen molar-refractivity contribution in [2.24, 2.45) is 0 Å². The summed E-state index contributed by atoms with van der Waals surface area (Å²) in [5, 5.41) is 23.2. The van der Waals surface area contributed by atoms with Crippen molar-refractivity contribution < 1.29 is 15.0 Å². The molecule has 1 amide bonds. The number of amides is 1. The molecule has 0 saturated heterocycles. The molecule has 0 spiro atoms. The van der Waals surface area contributed by atoms with Crippen molar-refractivity contribution in [1.29, 1.82) is 0 Å². The first-order valence-electron chi connectivity index (χ1n) is 24.0. The highest BCUT2D eigenvalue weighted by molar-refractivity contribution is 5.76. The predicted molar refractivity (Wildman–Crippen MR) is 244 cm³/mol. The Balaban J connectivity index is 3.52. The van der Waals surface area contributed by atoms with E-state index in [1.807, 2.05) is 0 Å². The first kappa shape index (κ1) is 53.1. The largest absolute Gasteiger partial charge is 0.394 e. The second-order valence-electron chi connectivity index (χ2n) is 16.2. The molecule has 0 aliphatic rings. The number of carbonyl (C=O) groups excluding carboxylic acids is 1. The summed E-state index contributed by atoms with van der Waals surface area (Å²) in [6, 6.07) is -0.540. The maximum atomic E-state index is 12.4. The number of allylic oxidation sites excluding steroid dienone is 10. The molecule has 4 heteroatoms. The van der Waals surface area contributed by atoms with Gasteiger partial charge in [-0.25, -0.2) is 0 Å². The van der Waals surface area contributed by atoms with Gasteiger partial charge in [0.15, 0.2) is 0 Å². The van der Waals surface area contributed by atoms with Crippen LogP contribution in [0, 0.1) is 0 Å². The summed E-state index contributed by atoms with van der Waals surface area (Å²) in [6.45, 7) is 4.25. The quantitative estimate of drug-likeness (QED) is 0.0427. The molecular weight excluding hydrogens is 675 g/mol. The van der Waals surface area contributed by atoms with Crippen LogP contribution in [-0.4, -0.2) is 34.9 Å². The number of aliphatic hydroxyl groups is 2. The molecule has 320 valence electrons. The fourth-order valence-electron chi connectivity index (χ4n) is 7.15. The van der Waals surface area contributed by atoms with E-state index >= 15 is 0 Å².